The predicted molar refractivity (Wildman–Crippen MR) is 100 cm³/mol. The summed E-state index contributed by atoms with van der Waals surface area (Å²) in [5, 5.41) is 13.2. The lowest BCUT2D eigenvalue weighted by Gasteiger charge is -2.37. The van der Waals surface area contributed by atoms with Gasteiger partial charge in [-0.25, -0.2) is 0 Å². The van der Waals surface area contributed by atoms with Crippen LogP contribution in [0.15, 0.2) is 54.6 Å². The number of hydrogen-bond acceptors (Lipinski definition) is 6. The maximum atomic E-state index is 12.8. The lowest BCUT2D eigenvalue weighted by atomic mass is 10.0. The zero-order valence-corrected chi connectivity index (χ0v) is 15.3. The molecule has 7 nitrogen and oxygen atoms in total. The molecular weight excluding hydrogens is 360 g/mol. The van der Waals surface area contributed by atoms with Crippen LogP contribution in [0.4, 0.5) is 0 Å². The van der Waals surface area contributed by atoms with Crippen molar-refractivity contribution in [2.75, 3.05) is 13.2 Å². The number of benzene rings is 2. The Morgan fingerprint density at radius 3 is 2.39 bits per heavy atom. The first kappa shape index (κ1) is 18.8. The van der Waals surface area contributed by atoms with E-state index in [1.54, 1.807) is 24.3 Å². The lowest BCUT2D eigenvalue weighted by Crippen LogP contribution is -2.59. The molecule has 2 aromatic carbocycles. The SMILES string of the molecule is O=C1c2ccccc2C(=O)N1[C@@H]1CCOC[C@H]1NC(O)OCc1ccccc1. The first-order chi connectivity index (χ1) is 13.6. The number of amides is 2. The molecule has 1 saturated heterocycles. The van der Waals surface area contributed by atoms with E-state index in [4.69, 9.17) is 9.47 Å². The quantitative estimate of drug-likeness (QED) is 0.582. The van der Waals surface area contributed by atoms with Crippen molar-refractivity contribution in [3.05, 3.63) is 71.3 Å². The third kappa shape index (κ3) is 3.70. The molecule has 2 aliphatic rings. The number of nitrogens with one attached hydrogen (secondary N) is 1. The van der Waals surface area contributed by atoms with E-state index >= 15 is 0 Å². The highest BCUT2D eigenvalue weighted by molar-refractivity contribution is 6.21. The average Bonchev–Trinajstić information content (AvgIpc) is 2.98. The van der Waals surface area contributed by atoms with Gasteiger partial charge in [-0.15, -0.1) is 0 Å². The van der Waals surface area contributed by atoms with Crippen LogP contribution in [0.3, 0.4) is 0 Å². The molecule has 2 N–H and O–H groups in total. The molecule has 2 aliphatic heterocycles. The predicted octanol–water partition coefficient (Wildman–Crippen LogP) is 1.52. The third-order valence-corrected chi connectivity index (χ3v) is 5.08. The summed E-state index contributed by atoms with van der Waals surface area (Å²) in [5.74, 6) is -0.613. The van der Waals surface area contributed by atoms with Crippen molar-refractivity contribution in [3.8, 4) is 0 Å². The normalized spacial score (nSPS) is 23.0. The van der Waals surface area contributed by atoms with Crippen LogP contribution in [0, 0.1) is 0 Å². The largest absolute Gasteiger partial charge is 0.380 e. The summed E-state index contributed by atoms with van der Waals surface area (Å²) in [6.45, 7) is 0.946. The van der Waals surface area contributed by atoms with Crippen LogP contribution in [0.5, 0.6) is 0 Å². The van der Waals surface area contributed by atoms with Gasteiger partial charge in [0.1, 0.15) is 0 Å². The van der Waals surface area contributed by atoms with E-state index in [2.05, 4.69) is 5.32 Å². The Balaban J connectivity index is 1.44. The Morgan fingerprint density at radius 1 is 1.07 bits per heavy atom. The van der Waals surface area contributed by atoms with Crippen molar-refractivity contribution in [3.63, 3.8) is 0 Å². The van der Waals surface area contributed by atoms with Gasteiger partial charge in [0.15, 0.2) is 0 Å². The maximum Gasteiger partial charge on any atom is 0.261 e. The van der Waals surface area contributed by atoms with Gasteiger partial charge in [-0.05, 0) is 24.1 Å². The van der Waals surface area contributed by atoms with E-state index in [1.807, 2.05) is 30.3 Å². The number of imide groups is 1. The van der Waals surface area contributed by atoms with Crippen LogP contribution in [-0.2, 0) is 16.1 Å². The topological polar surface area (TPSA) is 88.1 Å². The van der Waals surface area contributed by atoms with Gasteiger partial charge in [0.2, 0.25) is 6.41 Å². The second-order valence-electron chi connectivity index (χ2n) is 6.88. The summed E-state index contributed by atoms with van der Waals surface area (Å²) < 4.78 is 11.0. The smallest absolute Gasteiger partial charge is 0.261 e. The van der Waals surface area contributed by atoms with Crippen molar-refractivity contribution >= 4 is 11.8 Å². The van der Waals surface area contributed by atoms with Crippen molar-refractivity contribution in [2.45, 2.75) is 31.5 Å². The number of carbonyl (C=O) groups is 2. The van der Waals surface area contributed by atoms with Crippen LogP contribution in [0.25, 0.3) is 0 Å². The highest BCUT2D eigenvalue weighted by Crippen LogP contribution is 2.28. The van der Waals surface area contributed by atoms with Gasteiger partial charge in [-0.2, -0.15) is 0 Å². The van der Waals surface area contributed by atoms with E-state index in [0.29, 0.717) is 24.2 Å². The van der Waals surface area contributed by atoms with Gasteiger partial charge in [0, 0.05) is 6.61 Å². The van der Waals surface area contributed by atoms with Crippen molar-refractivity contribution < 1.29 is 24.2 Å². The van der Waals surface area contributed by atoms with Gasteiger partial charge in [-0.3, -0.25) is 19.8 Å². The van der Waals surface area contributed by atoms with Gasteiger partial charge in [0.25, 0.3) is 11.8 Å². The molecule has 0 bridgehead atoms. The fourth-order valence-electron chi connectivity index (χ4n) is 3.68. The zero-order valence-electron chi connectivity index (χ0n) is 15.3. The second kappa shape index (κ2) is 8.20. The average molecular weight is 382 g/mol. The van der Waals surface area contributed by atoms with E-state index < -0.39 is 18.5 Å². The zero-order chi connectivity index (χ0) is 19.5. The molecule has 2 heterocycles. The van der Waals surface area contributed by atoms with E-state index in [0.717, 1.165) is 5.56 Å². The second-order valence-corrected chi connectivity index (χ2v) is 6.88. The van der Waals surface area contributed by atoms with Gasteiger partial charge >= 0.3 is 0 Å². The summed E-state index contributed by atoms with van der Waals surface area (Å²) in [6, 6.07) is 15.5. The molecule has 146 valence electrons. The molecule has 7 heteroatoms. The minimum absolute atomic E-state index is 0.236. The standard InChI is InChI=1S/C21H22N2O5/c24-19-15-8-4-5-9-16(15)20(25)23(19)18-10-11-27-13-17(18)22-21(26)28-12-14-6-2-1-3-7-14/h1-9,17-18,21-22,26H,10-13H2/t17-,18-,21?/m1/s1. The van der Waals surface area contributed by atoms with Crippen LogP contribution in [0.1, 0.15) is 32.7 Å². The molecule has 0 aromatic heterocycles. The van der Waals surface area contributed by atoms with E-state index in [9.17, 15) is 14.7 Å². The van der Waals surface area contributed by atoms with Crippen molar-refractivity contribution in [2.24, 2.45) is 0 Å². The van der Waals surface area contributed by atoms with Gasteiger partial charge < -0.3 is 14.6 Å². The van der Waals surface area contributed by atoms with Gasteiger partial charge in [0.05, 0.1) is 36.4 Å². The van der Waals surface area contributed by atoms with Crippen LogP contribution in [0.2, 0.25) is 0 Å². The molecule has 2 amide bonds. The number of nitrogens with zero attached hydrogens (tertiary/aromatic N) is 1. The van der Waals surface area contributed by atoms with Crippen LogP contribution < -0.4 is 5.32 Å². The first-order valence-electron chi connectivity index (χ1n) is 9.29. The Morgan fingerprint density at radius 2 is 1.71 bits per heavy atom. The lowest BCUT2D eigenvalue weighted by molar-refractivity contribution is -0.144. The third-order valence-electron chi connectivity index (χ3n) is 5.08. The number of ether oxygens (including phenoxy) is 2. The minimum atomic E-state index is -1.25. The molecule has 0 saturated carbocycles. The molecular formula is C21H22N2O5. The molecule has 0 spiro atoms. The number of aliphatic hydroxyl groups excluding tert-OH is 1. The van der Waals surface area contributed by atoms with Crippen molar-refractivity contribution in [1.82, 2.24) is 10.2 Å². The molecule has 0 aliphatic carbocycles. The highest BCUT2D eigenvalue weighted by atomic mass is 16.6. The highest BCUT2D eigenvalue weighted by Gasteiger charge is 2.44. The van der Waals surface area contributed by atoms with Crippen molar-refractivity contribution in [1.29, 1.82) is 0 Å². The number of rotatable bonds is 6. The molecule has 3 atom stereocenters. The van der Waals surface area contributed by atoms with Crippen LogP contribution in [-0.4, -0.2) is 53.5 Å². The Labute approximate surface area is 162 Å². The first-order valence-corrected chi connectivity index (χ1v) is 9.29. The monoisotopic (exact) mass is 382 g/mol. The fourth-order valence-corrected chi connectivity index (χ4v) is 3.68. The molecule has 4 rings (SSSR count). The molecule has 0 radical (unpaired) electrons. The summed E-state index contributed by atoms with van der Waals surface area (Å²) in [4.78, 5) is 26.9. The molecule has 1 fully saturated rings. The number of carbonyl (C=O) groups excluding carboxylic acids is 2. The van der Waals surface area contributed by atoms with Gasteiger partial charge in [-0.1, -0.05) is 42.5 Å². The number of fused-ring (bicyclic) bond motifs is 1. The maximum absolute atomic E-state index is 12.8. The Bertz CT molecular complexity index is 822. The van der Waals surface area contributed by atoms with E-state index in [1.165, 1.54) is 4.90 Å². The summed E-state index contributed by atoms with van der Waals surface area (Å²) in [5.41, 5.74) is 1.76. The van der Waals surface area contributed by atoms with Crippen LogP contribution >= 0.6 is 0 Å². The minimum Gasteiger partial charge on any atom is -0.380 e. The molecule has 1 unspecified atom stereocenters. The Hall–Kier alpha value is -2.58. The number of aliphatic hydroxyl groups is 1. The summed E-state index contributed by atoms with van der Waals surface area (Å²) >= 11 is 0. The summed E-state index contributed by atoms with van der Waals surface area (Å²) in [7, 11) is 0. The summed E-state index contributed by atoms with van der Waals surface area (Å²) in [6.07, 6.45) is -0.751. The fraction of sp³-hybridized carbons (Fsp3) is 0.333. The molecule has 2 aromatic rings. The van der Waals surface area contributed by atoms with E-state index in [-0.39, 0.29) is 25.0 Å². The molecule has 28 heavy (non-hydrogen) atoms. The number of hydrogen-bond donors (Lipinski definition) is 2. The Kier molecular flexibility index (Phi) is 5.50.